The van der Waals surface area contributed by atoms with Crippen LogP contribution in [0.2, 0.25) is 0 Å². The van der Waals surface area contributed by atoms with Gasteiger partial charge in [-0.1, -0.05) is 6.92 Å². The number of rotatable bonds is 4. The minimum absolute atomic E-state index is 0.0154. The molecule has 1 N–H and O–H groups in total. The summed E-state index contributed by atoms with van der Waals surface area (Å²) in [6.45, 7) is 11.7. The van der Waals surface area contributed by atoms with E-state index in [0.29, 0.717) is 6.54 Å². The van der Waals surface area contributed by atoms with Gasteiger partial charge in [-0.2, -0.15) is 5.10 Å². The number of thiophene rings is 1. The van der Waals surface area contributed by atoms with Gasteiger partial charge in [0.15, 0.2) is 0 Å². The third-order valence-corrected chi connectivity index (χ3v) is 6.32. The fraction of sp³-hybridized carbons (Fsp3) is 0.667. The first-order valence-corrected chi connectivity index (χ1v) is 9.56. The number of carbonyl (C=O) groups excluding carboxylic acids is 1. The van der Waals surface area contributed by atoms with Gasteiger partial charge in [-0.05, 0) is 52.1 Å². The largest absolute Gasteiger partial charge is 0.349 e. The minimum Gasteiger partial charge on any atom is -0.349 e. The lowest BCUT2D eigenvalue weighted by Crippen LogP contribution is -2.54. The van der Waals surface area contributed by atoms with Crippen LogP contribution in [0.1, 0.15) is 49.0 Å². The standard InChI is InChI=1S/C18H28N4OS/c1-12-7-6-8-22(10-12)18(3,4)11-19-16(23)15-9-14-13(2)20-21(5)17(14)24-15/h9,12H,6-8,10-11H2,1-5H3,(H,19,23). The Morgan fingerprint density at radius 1 is 1.50 bits per heavy atom. The van der Waals surface area contributed by atoms with E-state index in [-0.39, 0.29) is 11.4 Å². The molecule has 1 unspecified atom stereocenters. The molecule has 3 heterocycles. The summed E-state index contributed by atoms with van der Waals surface area (Å²) >= 11 is 1.51. The van der Waals surface area contributed by atoms with Gasteiger partial charge in [0.05, 0.1) is 10.6 Å². The lowest BCUT2D eigenvalue weighted by Gasteiger charge is -2.43. The second-order valence-corrected chi connectivity index (χ2v) is 8.76. The Labute approximate surface area is 148 Å². The van der Waals surface area contributed by atoms with Crippen molar-refractivity contribution in [2.45, 2.75) is 46.1 Å². The van der Waals surface area contributed by atoms with Crippen molar-refractivity contribution in [1.29, 1.82) is 0 Å². The Hall–Kier alpha value is -1.40. The molecule has 5 nitrogen and oxygen atoms in total. The number of nitrogens with one attached hydrogen (secondary N) is 1. The third-order valence-electron chi connectivity index (χ3n) is 5.11. The molecular weight excluding hydrogens is 320 g/mol. The van der Waals surface area contributed by atoms with Crippen LogP contribution in [0.15, 0.2) is 6.07 Å². The highest BCUT2D eigenvalue weighted by molar-refractivity contribution is 7.20. The highest BCUT2D eigenvalue weighted by atomic mass is 32.1. The molecule has 3 rings (SSSR count). The molecule has 0 aliphatic carbocycles. The van der Waals surface area contributed by atoms with E-state index in [1.807, 2.05) is 24.7 Å². The van der Waals surface area contributed by atoms with Gasteiger partial charge >= 0.3 is 0 Å². The molecule has 0 saturated carbocycles. The predicted molar refractivity (Wildman–Crippen MR) is 99.7 cm³/mol. The van der Waals surface area contributed by atoms with Gasteiger partial charge < -0.3 is 5.32 Å². The van der Waals surface area contributed by atoms with Gasteiger partial charge in [0.2, 0.25) is 0 Å². The van der Waals surface area contributed by atoms with Crippen LogP contribution in [0.3, 0.4) is 0 Å². The van der Waals surface area contributed by atoms with E-state index in [1.54, 1.807) is 0 Å². The maximum Gasteiger partial charge on any atom is 0.261 e. The first kappa shape index (κ1) is 17.4. The fourth-order valence-electron chi connectivity index (χ4n) is 3.55. The average Bonchev–Trinajstić information content (AvgIpc) is 3.07. The summed E-state index contributed by atoms with van der Waals surface area (Å²) in [5.41, 5.74) is 0.962. The fourth-order valence-corrected chi connectivity index (χ4v) is 4.59. The zero-order valence-electron chi connectivity index (χ0n) is 15.3. The van der Waals surface area contributed by atoms with E-state index in [4.69, 9.17) is 0 Å². The van der Waals surface area contributed by atoms with Crippen LogP contribution in [-0.4, -0.2) is 45.8 Å². The van der Waals surface area contributed by atoms with E-state index < -0.39 is 0 Å². The van der Waals surface area contributed by atoms with E-state index in [2.05, 4.69) is 36.1 Å². The third kappa shape index (κ3) is 3.35. The summed E-state index contributed by atoms with van der Waals surface area (Å²) in [6.07, 6.45) is 2.56. The van der Waals surface area contributed by atoms with Crippen LogP contribution in [0.25, 0.3) is 10.2 Å². The molecule has 24 heavy (non-hydrogen) atoms. The molecule has 0 aromatic carbocycles. The van der Waals surface area contributed by atoms with Crippen molar-refractivity contribution in [3.05, 3.63) is 16.6 Å². The molecule has 0 radical (unpaired) electrons. The molecule has 1 fully saturated rings. The van der Waals surface area contributed by atoms with E-state index in [1.165, 1.54) is 24.2 Å². The van der Waals surface area contributed by atoms with Gasteiger partial charge in [0.25, 0.3) is 5.91 Å². The number of fused-ring (bicyclic) bond motifs is 1. The Morgan fingerprint density at radius 3 is 2.92 bits per heavy atom. The van der Waals surface area contributed by atoms with Gasteiger partial charge in [0.1, 0.15) is 4.83 Å². The highest BCUT2D eigenvalue weighted by Crippen LogP contribution is 2.28. The van der Waals surface area contributed by atoms with Crippen LogP contribution < -0.4 is 5.32 Å². The maximum absolute atomic E-state index is 12.6. The molecule has 1 aliphatic rings. The molecular formula is C18H28N4OS. The molecule has 1 atom stereocenters. The molecule has 132 valence electrons. The van der Waals surface area contributed by atoms with Crippen molar-refractivity contribution in [3.8, 4) is 0 Å². The van der Waals surface area contributed by atoms with Crippen LogP contribution in [0.5, 0.6) is 0 Å². The van der Waals surface area contributed by atoms with Gasteiger partial charge in [-0.25, -0.2) is 0 Å². The van der Waals surface area contributed by atoms with Crippen molar-refractivity contribution < 1.29 is 4.79 Å². The summed E-state index contributed by atoms with van der Waals surface area (Å²) in [4.78, 5) is 16.9. The first-order chi connectivity index (χ1) is 11.3. The Balaban J connectivity index is 1.66. The minimum atomic E-state index is -0.0154. The predicted octanol–water partition coefficient (Wildman–Crippen LogP) is 3.18. The highest BCUT2D eigenvalue weighted by Gasteiger charge is 2.30. The SMILES string of the molecule is Cc1nn(C)c2sc(C(=O)NCC(C)(C)N3CCCC(C)C3)cc12. The number of carbonyl (C=O) groups is 1. The number of hydrogen-bond donors (Lipinski definition) is 1. The monoisotopic (exact) mass is 348 g/mol. The molecule has 1 amide bonds. The normalized spacial score (nSPS) is 19.8. The number of likely N-dealkylation sites (tertiary alicyclic amines) is 1. The van der Waals surface area contributed by atoms with Crippen molar-refractivity contribution in [2.24, 2.45) is 13.0 Å². The first-order valence-electron chi connectivity index (χ1n) is 8.74. The second kappa shape index (κ2) is 6.48. The van der Waals surface area contributed by atoms with Crippen LogP contribution in [0.4, 0.5) is 0 Å². The van der Waals surface area contributed by atoms with E-state index >= 15 is 0 Å². The lowest BCUT2D eigenvalue weighted by atomic mass is 9.93. The summed E-state index contributed by atoms with van der Waals surface area (Å²) in [7, 11) is 1.92. The van der Waals surface area contributed by atoms with E-state index in [0.717, 1.165) is 39.8 Å². The number of nitrogens with zero attached hydrogens (tertiary/aromatic N) is 3. The molecule has 0 bridgehead atoms. The number of hydrogen-bond acceptors (Lipinski definition) is 4. The van der Waals surface area contributed by atoms with Gasteiger partial charge in [0, 0.05) is 31.1 Å². The zero-order valence-corrected chi connectivity index (χ0v) is 16.2. The van der Waals surface area contributed by atoms with Crippen molar-refractivity contribution >= 4 is 27.5 Å². The maximum atomic E-state index is 12.6. The van der Waals surface area contributed by atoms with Crippen LogP contribution >= 0.6 is 11.3 Å². The van der Waals surface area contributed by atoms with Crippen LogP contribution in [0, 0.1) is 12.8 Å². The molecule has 0 spiro atoms. The number of piperidine rings is 1. The summed E-state index contributed by atoms with van der Waals surface area (Å²) in [6, 6.07) is 1.97. The second-order valence-electron chi connectivity index (χ2n) is 7.73. The lowest BCUT2D eigenvalue weighted by molar-refractivity contribution is 0.0658. The zero-order chi connectivity index (χ0) is 17.5. The Morgan fingerprint density at radius 2 is 2.25 bits per heavy atom. The summed E-state index contributed by atoms with van der Waals surface area (Å²) in [5, 5.41) is 8.61. The smallest absolute Gasteiger partial charge is 0.261 e. The molecule has 1 saturated heterocycles. The molecule has 1 aliphatic heterocycles. The van der Waals surface area contributed by atoms with Gasteiger partial charge in [-0.15, -0.1) is 11.3 Å². The quantitative estimate of drug-likeness (QED) is 0.923. The number of aryl methyl sites for hydroxylation is 2. The average molecular weight is 349 g/mol. The summed E-state index contributed by atoms with van der Waals surface area (Å²) < 4.78 is 1.85. The van der Waals surface area contributed by atoms with Gasteiger partial charge in [-0.3, -0.25) is 14.4 Å². The van der Waals surface area contributed by atoms with Crippen LogP contribution in [-0.2, 0) is 7.05 Å². The van der Waals surface area contributed by atoms with Crippen molar-refractivity contribution in [2.75, 3.05) is 19.6 Å². The Kier molecular flexibility index (Phi) is 4.71. The molecule has 2 aromatic rings. The Bertz CT molecular complexity index is 711. The van der Waals surface area contributed by atoms with E-state index in [9.17, 15) is 4.79 Å². The molecule has 2 aromatic heterocycles. The number of aromatic nitrogens is 2. The summed E-state index contributed by atoms with van der Waals surface area (Å²) in [5.74, 6) is 0.764. The topological polar surface area (TPSA) is 50.2 Å². The van der Waals surface area contributed by atoms with Crippen molar-refractivity contribution in [3.63, 3.8) is 0 Å². The molecule has 6 heteroatoms. The van der Waals surface area contributed by atoms with Crippen molar-refractivity contribution in [1.82, 2.24) is 20.0 Å². The number of amides is 1.